The molecule has 148 valence electrons. The maximum atomic E-state index is 13.0. The van der Waals surface area contributed by atoms with Crippen LogP contribution in [0.3, 0.4) is 0 Å². The Bertz CT molecular complexity index is 1120. The van der Waals surface area contributed by atoms with Gasteiger partial charge < -0.3 is 14.6 Å². The van der Waals surface area contributed by atoms with Gasteiger partial charge in [-0.25, -0.2) is 4.79 Å². The number of para-hydroxylation sites is 2. The van der Waals surface area contributed by atoms with Gasteiger partial charge in [0, 0.05) is 35.1 Å². The van der Waals surface area contributed by atoms with Gasteiger partial charge in [0.2, 0.25) is 11.7 Å². The number of rotatable bonds is 5. The van der Waals surface area contributed by atoms with E-state index in [2.05, 4.69) is 4.98 Å². The maximum Gasteiger partial charge on any atom is 0.340 e. The van der Waals surface area contributed by atoms with Crippen molar-refractivity contribution in [3.63, 3.8) is 0 Å². The first-order valence-electron chi connectivity index (χ1n) is 9.69. The number of anilines is 1. The molecule has 3 aromatic rings. The number of fused-ring (bicyclic) bond motifs is 1. The summed E-state index contributed by atoms with van der Waals surface area (Å²) < 4.78 is 5.52. The summed E-state index contributed by atoms with van der Waals surface area (Å²) >= 11 is 0. The number of aryl methyl sites for hydroxylation is 1. The number of ketones is 1. The lowest BCUT2D eigenvalue weighted by molar-refractivity contribution is -0.117. The van der Waals surface area contributed by atoms with E-state index in [1.807, 2.05) is 31.2 Å². The second kappa shape index (κ2) is 7.54. The van der Waals surface area contributed by atoms with Crippen molar-refractivity contribution in [1.29, 1.82) is 0 Å². The van der Waals surface area contributed by atoms with Gasteiger partial charge >= 0.3 is 5.97 Å². The topological polar surface area (TPSA) is 79.5 Å². The first-order chi connectivity index (χ1) is 14.0. The minimum Gasteiger partial charge on any atom is -0.451 e. The fourth-order valence-corrected chi connectivity index (χ4v) is 3.86. The van der Waals surface area contributed by atoms with E-state index in [-0.39, 0.29) is 17.3 Å². The standard InChI is InChI=1S/C23H22N2O4/c1-14-21(16-8-3-5-10-18(16)24-14)22(27)15(2)29-23(28)17-9-4-6-11-19(17)25-13-7-12-20(25)26/h3-6,8-11,15,24H,7,12-13H2,1-2H3/t15-/m0/s1. The highest BCUT2D eigenvalue weighted by molar-refractivity contribution is 6.12. The van der Waals surface area contributed by atoms with Gasteiger partial charge in [0.05, 0.1) is 11.3 Å². The van der Waals surface area contributed by atoms with Gasteiger partial charge in [-0.1, -0.05) is 30.3 Å². The van der Waals surface area contributed by atoms with Crippen molar-refractivity contribution < 1.29 is 19.1 Å². The summed E-state index contributed by atoms with van der Waals surface area (Å²) in [5.74, 6) is -0.884. The van der Waals surface area contributed by atoms with Crippen molar-refractivity contribution in [2.45, 2.75) is 32.8 Å². The molecule has 0 aliphatic carbocycles. The first kappa shape index (κ1) is 18.9. The predicted octanol–water partition coefficient (Wildman–Crippen LogP) is 4.03. The van der Waals surface area contributed by atoms with E-state index in [9.17, 15) is 14.4 Å². The summed E-state index contributed by atoms with van der Waals surface area (Å²) in [6.45, 7) is 3.98. The minimum atomic E-state index is -0.956. The number of aromatic amines is 1. The van der Waals surface area contributed by atoms with E-state index < -0.39 is 12.1 Å². The van der Waals surface area contributed by atoms with Crippen LogP contribution in [0.2, 0.25) is 0 Å². The van der Waals surface area contributed by atoms with Crippen LogP contribution in [0.4, 0.5) is 5.69 Å². The zero-order valence-corrected chi connectivity index (χ0v) is 16.4. The monoisotopic (exact) mass is 390 g/mol. The molecule has 0 radical (unpaired) electrons. The van der Waals surface area contributed by atoms with Gasteiger partial charge in [-0.2, -0.15) is 0 Å². The van der Waals surface area contributed by atoms with E-state index in [1.54, 1.807) is 36.1 Å². The Balaban J connectivity index is 1.58. The number of H-pyrrole nitrogens is 1. The van der Waals surface area contributed by atoms with Gasteiger partial charge in [0.15, 0.2) is 6.10 Å². The smallest absolute Gasteiger partial charge is 0.340 e. The molecule has 0 unspecified atom stereocenters. The number of hydrogen-bond acceptors (Lipinski definition) is 4. The number of benzene rings is 2. The van der Waals surface area contributed by atoms with Crippen LogP contribution in [0.25, 0.3) is 10.9 Å². The maximum absolute atomic E-state index is 13.0. The van der Waals surface area contributed by atoms with Gasteiger partial charge in [0.25, 0.3) is 0 Å². The number of carbonyl (C=O) groups excluding carboxylic acids is 3. The number of nitrogens with zero attached hydrogens (tertiary/aromatic N) is 1. The normalized spacial score (nSPS) is 15.0. The molecule has 1 aliphatic rings. The number of nitrogens with one attached hydrogen (secondary N) is 1. The molecule has 1 amide bonds. The van der Waals surface area contributed by atoms with Crippen LogP contribution >= 0.6 is 0 Å². The van der Waals surface area contributed by atoms with E-state index in [4.69, 9.17) is 4.74 Å². The fourth-order valence-electron chi connectivity index (χ4n) is 3.86. The summed E-state index contributed by atoms with van der Waals surface area (Å²) in [5, 5.41) is 0.806. The predicted molar refractivity (Wildman–Crippen MR) is 110 cm³/mol. The number of amides is 1. The van der Waals surface area contributed by atoms with Crippen molar-refractivity contribution in [2.24, 2.45) is 0 Å². The largest absolute Gasteiger partial charge is 0.451 e. The second-order valence-corrected chi connectivity index (χ2v) is 7.25. The lowest BCUT2D eigenvalue weighted by Crippen LogP contribution is -2.28. The molecule has 1 N–H and O–H groups in total. The van der Waals surface area contributed by atoms with Crippen LogP contribution in [0.1, 0.15) is 46.2 Å². The van der Waals surface area contributed by atoms with Crippen LogP contribution < -0.4 is 4.90 Å². The number of Topliss-reactive ketones (excluding diaryl/α,β-unsaturated/α-hetero) is 1. The van der Waals surface area contributed by atoms with Crippen molar-refractivity contribution in [3.8, 4) is 0 Å². The zero-order valence-electron chi connectivity index (χ0n) is 16.4. The van der Waals surface area contributed by atoms with Crippen LogP contribution in [-0.4, -0.2) is 35.3 Å². The molecule has 1 aromatic heterocycles. The lowest BCUT2D eigenvalue weighted by atomic mass is 10.0. The van der Waals surface area contributed by atoms with Crippen LogP contribution in [0.15, 0.2) is 48.5 Å². The molecule has 2 heterocycles. The lowest BCUT2D eigenvalue weighted by Gasteiger charge is -2.20. The number of ether oxygens (including phenoxy) is 1. The number of esters is 1. The number of carbonyl (C=O) groups is 3. The molecule has 6 heteroatoms. The number of aromatic nitrogens is 1. The molecule has 6 nitrogen and oxygen atoms in total. The molecule has 1 fully saturated rings. The van der Waals surface area contributed by atoms with Crippen molar-refractivity contribution in [2.75, 3.05) is 11.4 Å². The Morgan fingerprint density at radius 1 is 1.10 bits per heavy atom. The Kier molecular flexibility index (Phi) is 4.92. The average molecular weight is 390 g/mol. The van der Waals surface area contributed by atoms with Crippen molar-refractivity contribution in [1.82, 2.24) is 4.98 Å². The Labute approximate surface area is 168 Å². The molecule has 2 aromatic carbocycles. The summed E-state index contributed by atoms with van der Waals surface area (Å²) in [5.41, 5.74) is 2.96. The summed E-state index contributed by atoms with van der Waals surface area (Å²) in [4.78, 5) is 42.8. The first-order valence-corrected chi connectivity index (χ1v) is 9.69. The Morgan fingerprint density at radius 3 is 2.59 bits per heavy atom. The van der Waals surface area contributed by atoms with E-state index >= 15 is 0 Å². The van der Waals surface area contributed by atoms with Gasteiger partial charge in [-0.05, 0) is 38.5 Å². The van der Waals surface area contributed by atoms with E-state index in [1.165, 1.54) is 0 Å². The van der Waals surface area contributed by atoms with Crippen molar-refractivity contribution in [3.05, 3.63) is 65.4 Å². The van der Waals surface area contributed by atoms with Crippen LogP contribution in [-0.2, 0) is 9.53 Å². The van der Waals surface area contributed by atoms with Crippen LogP contribution in [0, 0.1) is 6.92 Å². The number of hydrogen-bond donors (Lipinski definition) is 1. The quantitative estimate of drug-likeness (QED) is 0.527. The average Bonchev–Trinajstić information content (AvgIpc) is 3.29. The minimum absolute atomic E-state index is 0.0104. The zero-order chi connectivity index (χ0) is 20.5. The van der Waals surface area contributed by atoms with Crippen LogP contribution in [0.5, 0.6) is 0 Å². The molecular weight excluding hydrogens is 368 g/mol. The highest BCUT2D eigenvalue weighted by atomic mass is 16.5. The van der Waals surface area contributed by atoms with Gasteiger partial charge in [-0.3, -0.25) is 9.59 Å². The molecule has 0 saturated carbocycles. The second-order valence-electron chi connectivity index (χ2n) is 7.25. The summed E-state index contributed by atoms with van der Waals surface area (Å²) in [6.07, 6.45) is 0.275. The molecule has 29 heavy (non-hydrogen) atoms. The SMILES string of the molecule is Cc1[nH]c2ccccc2c1C(=O)[C@H](C)OC(=O)c1ccccc1N1CCCC1=O. The fraction of sp³-hybridized carbons (Fsp3) is 0.261. The highest BCUT2D eigenvalue weighted by Gasteiger charge is 2.29. The molecule has 1 saturated heterocycles. The third-order valence-electron chi connectivity index (χ3n) is 5.28. The third-order valence-corrected chi connectivity index (χ3v) is 5.28. The molecular formula is C23H22N2O4. The van der Waals surface area contributed by atoms with Gasteiger partial charge in [0.1, 0.15) is 0 Å². The molecule has 1 atom stereocenters. The van der Waals surface area contributed by atoms with Crippen molar-refractivity contribution >= 4 is 34.3 Å². The van der Waals surface area contributed by atoms with E-state index in [0.29, 0.717) is 24.2 Å². The molecule has 0 spiro atoms. The highest BCUT2D eigenvalue weighted by Crippen LogP contribution is 2.27. The Hall–Kier alpha value is -3.41. The molecule has 1 aliphatic heterocycles. The summed E-state index contributed by atoms with van der Waals surface area (Å²) in [6, 6.07) is 14.4. The van der Waals surface area contributed by atoms with Gasteiger partial charge in [-0.15, -0.1) is 0 Å². The molecule has 4 rings (SSSR count). The summed E-state index contributed by atoms with van der Waals surface area (Å²) in [7, 11) is 0. The van der Waals surface area contributed by atoms with E-state index in [0.717, 1.165) is 23.0 Å². The molecule has 0 bridgehead atoms. The third kappa shape index (κ3) is 3.42. The Morgan fingerprint density at radius 2 is 1.83 bits per heavy atom.